The molecule has 0 unspecified atom stereocenters. The van der Waals surface area contributed by atoms with Crippen LogP contribution in [0.15, 0.2) is 41.0 Å². The van der Waals surface area contributed by atoms with Crippen LogP contribution in [0.4, 0.5) is 13.2 Å². The second-order valence-corrected chi connectivity index (χ2v) is 4.36. The summed E-state index contributed by atoms with van der Waals surface area (Å²) < 4.78 is 38.7. The van der Waals surface area contributed by atoms with Gasteiger partial charge in [0.1, 0.15) is 10.4 Å². The van der Waals surface area contributed by atoms with E-state index in [-0.39, 0.29) is 21.5 Å². The third-order valence-electron chi connectivity index (χ3n) is 2.32. The molecular weight excluding hydrogens is 311 g/mol. The lowest BCUT2D eigenvalue weighted by atomic mass is 10.0. The summed E-state index contributed by atoms with van der Waals surface area (Å²) in [4.78, 5) is 3.44. The number of para-hydroxylation sites is 1. The predicted octanol–water partition coefficient (Wildman–Crippen LogP) is 4.24. The Morgan fingerprint density at radius 3 is 2.28 bits per heavy atom. The summed E-state index contributed by atoms with van der Waals surface area (Å²) in [7, 11) is 0. The zero-order chi connectivity index (χ0) is 13.3. The Balaban J connectivity index is 2.69. The molecule has 2 rings (SSSR count). The maximum absolute atomic E-state index is 12.9. The van der Waals surface area contributed by atoms with Crippen LogP contribution in [-0.2, 0) is 6.18 Å². The van der Waals surface area contributed by atoms with E-state index >= 15 is 0 Å². The third kappa shape index (κ3) is 2.48. The number of phenolic OH excluding ortho intramolecular Hbond substituents is 1. The summed E-state index contributed by atoms with van der Waals surface area (Å²) in [6, 6.07) is 8.51. The van der Waals surface area contributed by atoms with Gasteiger partial charge in [-0.2, -0.15) is 13.2 Å². The smallest absolute Gasteiger partial charge is 0.434 e. The summed E-state index contributed by atoms with van der Waals surface area (Å²) in [5.74, 6) is -0.216. The van der Waals surface area contributed by atoms with E-state index in [1.807, 2.05) is 0 Å². The van der Waals surface area contributed by atoms with Crippen LogP contribution in [0.1, 0.15) is 5.69 Å². The standard InChI is InChI=1S/C12H7BrF3NO/c13-10-6-5-8(11(17-10)12(14,15)16)7-3-1-2-4-9(7)18/h1-6,18H. The second kappa shape index (κ2) is 4.61. The molecule has 2 nitrogen and oxygen atoms in total. The van der Waals surface area contributed by atoms with Crippen LogP contribution in [0, 0.1) is 0 Å². The van der Waals surface area contributed by atoms with E-state index in [0.717, 1.165) is 0 Å². The fourth-order valence-corrected chi connectivity index (χ4v) is 1.88. The monoisotopic (exact) mass is 317 g/mol. The molecule has 0 atom stereocenters. The van der Waals surface area contributed by atoms with Gasteiger partial charge in [0, 0.05) is 11.1 Å². The van der Waals surface area contributed by atoms with Crippen molar-refractivity contribution in [3.05, 3.63) is 46.7 Å². The van der Waals surface area contributed by atoms with E-state index in [0.29, 0.717) is 0 Å². The molecule has 0 amide bonds. The normalized spacial score (nSPS) is 11.6. The number of aromatic nitrogens is 1. The highest BCUT2D eigenvalue weighted by Gasteiger charge is 2.36. The summed E-state index contributed by atoms with van der Waals surface area (Å²) in [5.41, 5.74) is -1.08. The molecule has 0 aliphatic rings. The van der Waals surface area contributed by atoms with Crippen molar-refractivity contribution in [1.29, 1.82) is 0 Å². The van der Waals surface area contributed by atoms with Crippen LogP contribution in [0.5, 0.6) is 5.75 Å². The van der Waals surface area contributed by atoms with E-state index < -0.39 is 11.9 Å². The Labute approximate surface area is 109 Å². The van der Waals surface area contributed by atoms with Crippen LogP contribution in [0.25, 0.3) is 11.1 Å². The average molecular weight is 318 g/mol. The van der Waals surface area contributed by atoms with E-state index in [1.54, 1.807) is 12.1 Å². The molecule has 1 aromatic heterocycles. The van der Waals surface area contributed by atoms with Crippen LogP contribution < -0.4 is 0 Å². The van der Waals surface area contributed by atoms with Crippen molar-refractivity contribution < 1.29 is 18.3 Å². The van der Waals surface area contributed by atoms with Gasteiger partial charge in [-0.3, -0.25) is 0 Å². The van der Waals surface area contributed by atoms with Crippen molar-refractivity contribution in [1.82, 2.24) is 4.98 Å². The fraction of sp³-hybridized carbons (Fsp3) is 0.0833. The molecule has 1 aromatic carbocycles. The molecular formula is C12H7BrF3NO. The molecule has 0 aliphatic heterocycles. The minimum absolute atomic E-state index is 0.0917. The summed E-state index contributed by atoms with van der Waals surface area (Å²) in [5, 5.41) is 9.62. The number of hydrogen-bond acceptors (Lipinski definition) is 2. The van der Waals surface area contributed by atoms with E-state index in [1.165, 1.54) is 24.3 Å². The number of rotatable bonds is 1. The van der Waals surface area contributed by atoms with Crippen molar-refractivity contribution in [2.24, 2.45) is 0 Å². The number of nitrogens with zero attached hydrogens (tertiary/aromatic N) is 1. The van der Waals surface area contributed by atoms with Crippen molar-refractivity contribution in [2.45, 2.75) is 6.18 Å². The van der Waals surface area contributed by atoms with Gasteiger partial charge in [-0.25, -0.2) is 4.98 Å². The lowest BCUT2D eigenvalue weighted by Gasteiger charge is -2.13. The number of phenols is 1. The number of aromatic hydroxyl groups is 1. The van der Waals surface area contributed by atoms with Gasteiger partial charge in [0.2, 0.25) is 0 Å². The predicted molar refractivity (Wildman–Crippen MR) is 64.0 cm³/mol. The molecule has 0 fully saturated rings. The fourth-order valence-electron chi connectivity index (χ4n) is 1.57. The van der Waals surface area contributed by atoms with Crippen LogP contribution in [0.3, 0.4) is 0 Å². The number of alkyl halides is 3. The summed E-state index contributed by atoms with van der Waals surface area (Å²) in [6.07, 6.45) is -4.58. The molecule has 0 saturated carbocycles. The van der Waals surface area contributed by atoms with Gasteiger partial charge in [-0.15, -0.1) is 0 Å². The van der Waals surface area contributed by atoms with Gasteiger partial charge >= 0.3 is 6.18 Å². The Kier molecular flexibility index (Phi) is 3.30. The molecule has 94 valence electrons. The van der Waals surface area contributed by atoms with E-state index in [4.69, 9.17) is 0 Å². The highest BCUT2D eigenvalue weighted by molar-refractivity contribution is 9.10. The molecule has 0 aliphatic carbocycles. The Morgan fingerprint density at radius 1 is 1.00 bits per heavy atom. The molecule has 1 N–H and O–H groups in total. The highest BCUT2D eigenvalue weighted by atomic mass is 79.9. The highest BCUT2D eigenvalue weighted by Crippen LogP contribution is 2.39. The first kappa shape index (κ1) is 12.9. The minimum atomic E-state index is -4.58. The SMILES string of the molecule is Oc1ccccc1-c1ccc(Br)nc1C(F)(F)F. The quantitative estimate of drug-likeness (QED) is 0.798. The molecule has 0 bridgehead atoms. The Morgan fingerprint density at radius 2 is 1.67 bits per heavy atom. The molecule has 0 radical (unpaired) electrons. The largest absolute Gasteiger partial charge is 0.507 e. The average Bonchev–Trinajstić information content (AvgIpc) is 2.29. The maximum atomic E-state index is 12.9. The molecule has 0 spiro atoms. The third-order valence-corrected chi connectivity index (χ3v) is 2.77. The van der Waals surface area contributed by atoms with Gasteiger partial charge in [0.25, 0.3) is 0 Å². The molecule has 0 saturated heterocycles. The van der Waals surface area contributed by atoms with Gasteiger partial charge < -0.3 is 5.11 Å². The molecule has 1 heterocycles. The first-order valence-electron chi connectivity index (χ1n) is 4.91. The first-order valence-corrected chi connectivity index (χ1v) is 5.71. The summed E-state index contributed by atoms with van der Waals surface area (Å²) in [6.45, 7) is 0. The van der Waals surface area contributed by atoms with Crippen molar-refractivity contribution in [3.8, 4) is 16.9 Å². The van der Waals surface area contributed by atoms with Crippen LogP contribution >= 0.6 is 15.9 Å². The maximum Gasteiger partial charge on any atom is 0.434 e. The lowest BCUT2D eigenvalue weighted by Crippen LogP contribution is -2.10. The van der Waals surface area contributed by atoms with Crippen LogP contribution in [0.2, 0.25) is 0 Å². The van der Waals surface area contributed by atoms with Crippen molar-refractivity contribution in [3.63, 3.8) is 0 Å². The zero-order valence-electron chi connectivity index (χ0n) is 8.87. The second-order valence-electron chi connectivity index (χ2n) is 3.55. The van der Waals surface area contributed by atoms with E-state index in [9.17, 15) is 18.3 Å². The Hall–Kier alpha value is -1.56. The number of hydrogen-bond donors (Lipinski definition) is 1. The van der Waals surface area contributed by atoms with Gasteiger partial charge in [-0.05, 0) is 34.1 Å². The lowest BCUT2D eigenvalue weighted by molar-refractivity contribution is -0.140. The summed E-state index contributed by atoms with van der Waals surface area (Å²) >= 11 is 2.91. The molecule has 6 heteroatoms. The van der Waals surface area contributed by atoms with Crippen molar-refractivity contribution in [2.75, 3.05) is 0 Å². The van der Waals surface area contributed by atoms with Gasteiger partial charge in [-0.1, -0.05) is 18.2 Å². The Bertz CT molecular complexity index is 584. The number of pyridine rings is 1. The van der Waals surface area contributed by atoms with Crippen LogP contribution in [-0.4, -0.2) is 10.1 Å². The molecule has 2 aromatic rings. The first-order chi connectivity index (χ1) is 8.39. The molecule has 18 heavy (non-hydrogen) atoms. The zero-order valence-corrected chi connectivity index (χ0v) is 10.5. The number of halogens is 4. The van der Waals surface area contributed by atoms with Gasteiger partial charge in [0.15, 0.2) is 5.69 Å². The van der Waals surface area contributed by atoms with Crippen molar-refractivity contribution >= 4 is 15.9 Å². The topological polar surface area (TPSA) is 33.1 Å². The minimum Gasteiger partial charge on any atom is -0.507 e. The van der Waals surface area contributed by atoms with Gasteiger partial charge in [0.05, 0.1) is 0 Å². The van der Waals surface area contributed by atoms with E-state index in [2.05, 4.69) is 20.9 Å². The number of benzene rings is 1.